The molecule has 0 aromatic carbocycles. The molecule has 0 aliphatic rings. The lowest BCUT2D eigenvalue weighted by Crippen LogP contribution is -2.43. The van der Waals surface area contributed by atoms with Crippen LogP contribution in [0.2, 0.25) is 0 Å². The Kier molecular flexibility index (Phi) is 3.72. The summed E-state index contributed by atoms with van der Waals surface area (Å²) in [6.45, 7) is -0.563. The molecule has 0 bridgehead atoms. The standard InChI is InChI=1S/C6H5F3IN3O3/c1-16-2-12-4(14)3(6(7,8)9)11-13(10)5(12)15/h2H2,1H3. The van der Waals surface area contributed by atoms with Crippen LogP contribution in [-0.2, 0) is 17.6 Å². The van der Waals surface area contributed by atoms with Crippen molar-refractivity contribution in [2.75, 3.05) is 7.11 Å². The Morgan fingerprint density at radius 2 is 2.00 bits per heavy atom. The quantitative estimate of drug-likeness (QED) is 0.716. The van der Waals surface area contributed by atoms with Crippen molar-refractivity contribution >= 4 is 22.9 Å². The molecule has 0 saturated heterocycles. The molecule has 0 saturated carbocycles. The van der Waals surface area contributed by atoms with Crippen molar-refractivity contribution in [3.05, 3.63) is 26.5 Å². The Morgan fingerprint density at radius 1 is 1.44 bits per heavy atom. The van der Waals surface area contributed by atoms with Gasteiger partial charge in [-0.1, -0.05) is 0 Å². The molecule has 6 nitrogen and oxygen atoms in total. The van der Waals surface area contributed by atoms with Gasteiger partial charge in [-0.2, -0.15) is 16.1 Å². The molecule has 0 aliphatic heterocycles. The molecular weight excluding hydrogens is 346 g/mol. The molecule has 16 heavy (non-hydrogen) atoms. The topological polar surface area (TPSA) is 66.1 Å². The highest BCUT2D eigenvalue weighted by Gasteiger charge is 2.38. The van der Waals surface area contributed by atoms with E-state index in [0.717, 1.165) is 7.11 Å². The second-order valence-electron chi connectivity index (χ2n) is 2.64. The van der Waals surface area contributed by atoms with Crippen molar-refractivity contribution in [3.63, 3.8) is 0 Å². The number of halogens is 4. The summed E-state index contributed by atoms with van der Waals surface area (Å²) in [6.07, 6.45) is -4.91. The van der Waals surface area contributed by atoms with E-state index >= 15 is 0 Å². The summed E-state index contributed by atoms with van der Waals surface area (Å²) >= 11 is 1.25. The minimum absolute atomic E-state index is 0.308. The van der Waals surface area contributed by atoms with Crippen LogP contribution in [0.15, 0.2) is 9.59 Å². The summed E-state index contributed by atoms with van der Waals surface area (Å²) in [4.78, 5) is 22.5. The van der Waals surface area contributed by atoms with Gasteiger partial charge in [-0.15, -0.1) is 5.10 Å². The van der Waals surface area contributed by atoms with Crippen LogP contribution in [0.25, 0.3) is 0 Å². The summed E-state index contributed by atoms with van der Waals surface area (Å²) in [5.74, 6) is 0. The van der Waals surface area contributed by atoms with Gasteiger partial charge in [0.2, 0.25) is 5.69 Å². The maximum atomic E-state index is 12.3. The molecule has 0 spiro atoms. The van der Waals surface area contributed by atoms with Crippen LogP contribution in [0.3, 0.4) is 0 Å². The van der Waals surface area contributed by atoms with Crippen LogP contribution in [0.1, 0.15) is 5.69 Å². The Bertz CT molecular complexity index is 506. The van der Waals surface area contributed by atoms with E-state index in [-0.39, 0.29) is 0 Å². The maximum Gasteiger partial charge on any atom is 0.440 e. The van der Waals surface area contributed by atoms with Gasteiger partial charge in [0.1, 0.15) is 6.73 Å². The molecule has 0 N–H and O–H groups in total. The number of rotatable bonds is 2. The van der Waals surface area contributed by atoms with Gasteiger partial charge in [0, 0.05) is 7.11 Å². The van der Waals surface area contributed by atoms with Gasteiger partial charge in [-0.05, 0) is 0 Å². The predicted octanol–water partition coefficient (Wildman–Crippen LogP) is 0.226. The van der Waals surface area contributed by atoms with Gasteiger partial charge in [-0.3, -0.25) is 4.79 Å². The summed E-state index contributed by atoms with van der Waals surface area (Å²) in [6, 6.07) is 0. The average Bonchev–Trinajstić information content (AvgIpc) is 2.16. The van der Waals surface area contributed by atoms with Crippen molar-refractivity contribution in [1.82, 2.24) is 12.6 Å². The number of aromatic nitrogens is 3. The second kappa shape index (κ2) is 4.53. The number of ether oxygens (including phenoxy) is 1. The van der Waals surface area contributed by atoms with Crippen LogP contribution in [0, 0.1) is 0 Å². The number of hydrogen-bond acceptors (Lipinski definition) is 4. The van der Waals surface area contributed by atoms with Gasteiger partial charge < -0.3 is 4.74 Å². The van der Waals surface area contributed by atoms with E-state index in [1.807, 2.05) is 0 Å². The first-order chi connectivity index (χ1) is 7.29. The van der Waals surface area contributed by atoms with E-state index in [9.17, 15) is 22.8 Å². The van der Waals surface area contributed by atoms with E-state index in [1.54, 1.807) is 0 Å². The lowest BCUT2D eigenvalue weighted by Gasteiger charge is -2.09. The monoisotopic (exact) mass is 351 g/mol. The highest BCUT2D eigenvalue weighted by molar-refractivity contribution is 14.1. The molecule has 10 heteroatoms. The second-order valence-corrected chi connectivity index (χ2v) is 3.55. The van der Waals surface area contributed by atoms with E-state index in [2.05, 4.69) is 9.84 Å². The van der Waals surface area contributed by atoms with E-state index in [4.69, 9.17) is 0 Å². The smallest absolute Gasteiger partial charge is 0.364 e. The lowest BCUT2D eigenvalue weighted by atomic mass is 10.4. The molecule has 1 aromatic heterocycles. The first kappa shape index (κ1) is 13.2. The number of alkyl halides is 3. The summed E-state index contributed by atoms with van der Waals surface area (Å²) in [7, 11) is 1.15. The van der Waals surface area contributed by atoms with Gasteiger partial charge >= 0.3 is 11.9 Å². The lowest BCUT2D eigenvalue weighted by molar-refractivity contribution is -0.143. The highest BCUT2D eigenvalue weighted by atomic mass is 127. The summed E-state index contributed by atoms with van der Waals surface area (Å²) in [5.41, 5.74) is -4.16. The minimum atomic E-state index is -4.91. The maximum absolute atomic E-state index is 12.3. The predicted molar refractivity (Wildman–Crippen MR) is 54.2 cm³/mol. The third-order valence-corrected chi connectivity index (χ3v) is 2.18. The first-order valence-electron chi connectivity index (χ1n) is 3.75. The molecule has 1 aromatic rings. The molecular formula is C6H5F3IN3O3. The Labute approximate surface area is 100 Å². The Morgan fingerprint density at radius 3 is 2.44 bits per heavy atom. The molecule has 0 fully saturated rings. The van der Waals surface area contributed by atoms with E-state index in [1.165, 1.54) is 22.9 Å². The third-order valence-electron chi connectivity index (χ3n) is 1.55. The molecule has 0 amide bonds. The summed E-state index contributed by atoms with van der Waals surface area (Å²) in [5, 5.41) is 2.86. The zero-order chi connectivity index (χ0) is 12.5. The van der Waals surface area contributed by atoms with Gasteiger partial charge in [0.25, 0.3) is 5.56 Å². The van der Waals surface area contributed by atoms with Crippen molar-refractivity contribution in [3.8, 4) is 0 Å². The fourth-order valence-electron chi connectivity index (χ4n) is 0.909. The fourth-order valence-corrected chi connectivity index (χ4v) is 1.38. The molecule has 0 atom stereocenters. The van der Waals surface area contributed by atoms with Gasteiger partial charge in [0.05, 0.1) is 22.9 Å². The molecule has 1 heterocycles. The number of methoxy groups -OCH3 is 1. The Balaban J connectivity index is 3.58. The normalized spacial score (nSPS) is 11.8. The van der Waals surface area contributed by atoms with Gasteiger partial charge in [0.15, 0.2) is 0 Å². The van der Waals surface area contributed by atoms with Crippen molar-refractivity contribution in [2.45, 2.75) is 12.9 Å². The van der Waals surface area contributed by atoms with Gasteiger partial charge in [-0.25, -0.2) is 9.36 Å². The SMILES string of the molecule is COCn1c(=O)c(C(F)(F)F)nn(I)c1=O. The number of nitrogens with zero attached hydrogens (tertiary/aromatic N) is 3. The summed E-state index contributed by atoms with van der Waals surface area (Å²) < 4.78 is 42.2. The molecule has 90 valence electrons. The first-order valence-corrected chi connectivity index (χ1v) is 4.72. The fraction of sp³-hybridized carbons (Fsp3) is 0.500. The van der Waals surface area contributed by atoms with Crippen LogP contribution < -0.4 is 11.2 Å². The third kappa shape index (κ3) is 2.42. The average molecular weight is 351 g/mol. The van der Waals surface area contributed by atoms with Crippen LogP contribution >= 0.6 is 22.9 Å². The molecule has 0 unspecified atom stereocenters. The molecule has 1 rings (SSSR count). The largest absolute Gasteiger partial charge is 0.440 e. The van der Waals surface area contributed by atoms with Crippen molar-refractivity contribution < 1.29 is 17.9 Å². The van der Waals surface area contributed by atoms with Crippen molar-refractivity contribution in [2.24, 2.45) is 0 Å². The van der Waals surface area contributed by atoms with Crippen LogP contribution in [0.4, 0.5) is 13.2 Å². The minimum Gasteiger partial charge on any atom is -0.364 e. The molecule has 0 radical (unpaired) electrons. The zero-order valence-electron chi connectivity index (χ0n) is 7.79. The van der Waals surface area contributed by atoms with Crippen LogP contribution in [-0.4, -0.2) is 19.7 Å². The van der Waals surface area contributed by atoms with Crippen LogP contribution in [0.5, 0.6) is 0 Å². The molecule has 0 aliphatic carbocycles. The number of hydrogen-bond donors (Lipinski definition) is 0. The van der Waals surface area contributed by atoms with E-state index in [0.29, 0.717) is 7.46 Å². The van der Waals surface area contributed by atoms with Crippen molar-refractivity contribution in [1.29, 1.82) is 0 Å². The highest BCUT2D eigenvalue weighted by Crippen LogP contribution is 2.24. The Hall–Kier alpha value is -0.910. The van der Waals surface area contributed by atoms with E-state index < -0.39 is 29.9 Å². The zero-order valence-corrected chi connectivity index (χ0v) is 9.94.